The average molecular weight is 563 g/mol. The highest BCUT2D eigenvalue weighted by Crippen LogP contribution is 2.61. The van der Waals surface area contributed by atoms with E-state index >= 15 is 0 Å². The van der Waals surface area contributed by atoms with Gasteiger partial charge in [0.2, 0.25) is 11.8 Å². The van der Waals surface area contributed by atoms with Gasteiger partial charge < -0.3 is 10.1 Å². The molecule has 1 saturated heterocycles. The third kappa shape index (κ3) is 4.77. The number of halogens is 3. The molecule has 3 aliphatic rings. The van der Waals surface area contributed by atoms with Gasteiger partial charge >= 0.3 is 12.1 Å². The molecule has 0 spiro atoms. The minimum atomic E-state index is -4.66. The molecule has 0 radical (unpaired) electrons. The van der Waals surface area contributed by atoms with Crippen LogP contribution in [0.2, 0.25) is 0 Å². The minimum Gasteiger partial charge on any atom is -0.452 e. The van der Waals surface area contributed by atoms with E-state index in [9.17, 15) is 32.3 Å². The van der Waals surface area contributed by atoms with Crippen LogP contribution in [0.1, 0.15) is 40.2 Å². The molecule has 1 aliphatic heterocycles. The van der Waals surface area contributed by atoms with Crippen molar-refractivity contribution < 1.29 is 37.1 Å². The van der Waals surface area contributed by atoms with Crippen LogP contribution >= 0.6 is 0 Å². The molecule has 6 rings (SSSR count). The molecule has 7 nitrogen and oxygen atoms in total. The number of amides is 3. The molecule has 0 unspecified atom stereocenters. The zero-order valence-corrected chi connectivity index (χ0v) is 21.6. The lowest BCUT2D eigenvalue weighted by atomic mass is 9.73. The number of rotatable bonds is 6. The number of nitrogens with one attached hydrogen (secondary N) is 1. The molecular weight excluding hydrogens is 537 g/mol. The van der Waals surface area contributed by atoms with Crippen molar-refractivity contribution in [2.45, 2.75) is 24.9 Å². The van der Waals surface area contributed by atoms with Gasteiger partial charge in [-0.1, -0.05) is 42.5 Å². The summed E-state index contributed by atoms with van der Waals surface area (Å²) < 4.78 is 44.4. The van der Waals surface area contributed by atoms with E-state index in [1.807, 2.05) is 18.2 Å². The zero-order chi connectivity index (χ0) is 28.9. The molecular formula is C31H25F3N2O5. The second kappa shape index (κ2) is 10.2. The van der Waals surface area contributed by atoms with Gasteiger partial charge in [0.05, 0.1) is 34.3 Å². The third-order valence-electron chi connectivity index (χ3n) is 8.45. The van der Waals surface area contributed by atoms with Crippen molar-refractivity contribution in [1.82, 2.24) is 0 Å². The number of imide groups is 1. The number of nitrogens with zero attached hydrogens (tertiary/aromatic N) is 1. The molecule has 10 heteroatoms. The van der Waals surface area contributed by atoms with Crippen LogP contribution in [0.15, 0.2) is 78.9 Å². The van der Waals surface area contributed by atoms with Crippen LogP contribution < -0.4 is 10.2 Å². The molecule has 3 amide bonds. The lowest BCUT2D eigenvalue weighted by Gasteiger charge is -2.28. The number of fused-ring (bicyclic) bond motifs is 5. The van der Waals surface area contributed by atoms with E-state index < -0.39 is 35.9 Å². The number of para-hydroxylation sites is 1. The maximum Gasteiger partial charge on any atom is 0.418 e. The first-order chi connectivity index (χ1) is 19.6. The van der Waals surface area contributed by atoms with Crippen LogP contribution in [-0.4, -0.2) is 30.3 Å². The van der Waals surface area contributed by atoms with Crippen molar-refractivity contribution in [2.24, 2.45) is 23.7 Å². The lowest BCUT2D eigenvalue weighted by molar-refractivity contribution is -0.137. The Morgan fingerprint density at radius 1 is 0.854 bits per heavy atom. The fraction of sp³-hybridized carbons (Fsp3) is 0.290. The molecule has 41 heavy (non-hydrogen) atoms. The summed E-state index contributed by atoms with van der Waals surface area (Å²) in [4.78, 5) is 52.7. The topological polar surface area (TPSA) is 92.8 Å². The number of ether oxygens (including phenoxy) is 1. The second-order valence-electron chi connectivity index (χ2n) is 10.7. The summed E-state index contributed by atoms with van der Waals surface area (Å²) >= 11 is 0. The SMILES string of the molecule is O=C(COC(=O)c1ccc(N2C(=O)[C@@H]3[C@@H]4C[C@@H]([C@H]3C2=O)[C@@H](c2ccccc2)C4)cc1)Nc1ccccc1C(F)(F)F. The molecule has 2 aliphatic carbocycles. The number of esters is 1. The smallest absolute Gasteiger partial charge is 0.418 e. The number of benzene rings is 3. The molecule has 2 bridgehead atoms. The van der Waals surface area contributed by atoms with Crippen LogP contribution in [0.4, 0.5) is 24.5 Å². The maximum atomic E-state index is 13.5. The Morgan fingerprint density at radius 3 is 2.22 bits per heavy atom. The number of alkyl halides is 3. The largest absolute Gasteiger partial charge is 0.452 e. The molecule has 3 aromatic rings. The van der Waals surface area contributed by atoms with E-state index in [0.717, 1.165) is 25.0 Å². The highest BCUT2D eigenvalue weighted by Gasteiger charge is 2.64. The van der Waals surface area contributed by atoms with Gasteiger partial charge in [0.25, 0.3) is 5.91 Å². The molecule has 5 atom stereocenters. The van der Waals surface area contributed by atoms with Crippen molar-refractivity contribution >= 4 is 35.1 Å². The Bertz CT molecular complexity index is 1520. The summed E-state index contributed by atoms with van der Waals surface area (Å²) in [7, 11) is 0. The van der Waals surface area contributed by atoms with E-state index in [1.165, 1.54) is 46.9 Å². The highest BCUT2D eigenvalue weighted by atomic mass is 19.4. The lowest BCUT2D eigenvalue weighted by Crippen LogP contribution is -2.33. The van der Waals surface area contributed by atoms with Gasteiger partial charge in [-0.3, -0.25) is 19.3 Å². The zero-order valence-electron chi connectivity index (χ0n) is 21.6. The van der Waals surface area contributed by atoms with E-state index in [2.05, 4.69) is 17.4 Å². The predicted molar refractivity (Wildman–Crippen MR) is 142 cm³/mol. The fourth-order valence-corrected chi connectivity index (χ4v) is 6.78. The monoisotopic (exact) mass is 562 g/mol. The van der Waals surface area contributed by atoms with Crippen molar-refractivity contribution in [2.75, 3.05) is 16.8 Å². The van der Waals surface area contributed by atoms with Crippen LogP contribution in [0.5, 0.6) is 0 Å². The van der Waals surface area contributed by atoms with Gasteiger partial charge in [-0.05, 0) is 72.6 Å². The first-order valence-electron chi connectivity index (χ1n) is 13.3. The number of carbonyl (C=O) groups is 4. The van der Waals surface area contributed by atoms with E-state index in [1.54, 1.807) is 0 Å². The fourth-order valence-electron chi connectivity index (χ4n) is 6.78. The minimum absolute atomic E-state index is 0.0562. The predicted octanol–water partition coefficient (Wildman–Crippen LogP) is 5.43. The Hall–Kier alpha value is -4.47. The van der Waals surface area contributed by atoms with Gasteiger partial charge in [0, 0.05) is 0 Å². The summed E-state index contributed by atoms with van der Waals surface area (Å²) in [5.41, 5.74) is 0.134. The van der Waals surface area contributed by atoms with Crippen LogP contribution in [0.25, 0.3) is 0 Å². The summed E-state index contributed by atoms with van der Waals surface area (Å²) in [6.45, 7) is -0.801. The van der Waals surface area contributed by atoms with Gasteiger partial charge in [-0.2, -0.15) is 13.2 Å². The number of hydrogen-bond acceptors (Lipinski definition) is 5. The number of hydrogen-bond donors (Lipinski definition) is 1. The summed E-state index contributed by atoms with van der Waals surface area (Å²) in [6, 6.07) is 20.3. The third-order valence-corrected chi connectivity index (χ3v) is 8.45. The van der Waals surface area contributed by atoms with Crippen molar-refractivity contribution in [3.05, 3.63) is 95.6 Å². The van der Waals surface area contributed by atoms with E-state index in [4.69, 9.17) is 4.74 Å². The summed E-state index contributed by atoms with van der Waals surface area (Å²) in [5, 5.41) is 2.11. The normalized spacial score (nSPS) is 24.9. The second-order valence-corrected chi connectivity index (χ2v) is 10.7. The van der Waals surface area contributed by atoms with Gasteiger partial charge in [0.1, 0.15) is 0 Å². The first-order valence-corrected chi connectivity index (χ1v) is 13.3. The standard InChI is InChI=1S/C31H25F3N2O5/c32-31(33,34)23-8-4-5-9-24(23)35-25(37)16-41-30(40)18-10-12-20(13-11-18)36-28(38)26-19-14-21(17-6-2-1-3-7-17)22(15-19)27(26)29(36)39/h1-13,19,21-22,26-27H,14-16H2,(H,35,37)/t19-,21+,22+,26+,27+/m0/s1. The van der Waals surface area contributed by atoms with Crippen molar-refractivity contribution in [3.63, 3.8) is 0 Å². The van der Waals surface area contributed by atoms with Crippen molar-refractivity contribution in [3.8, 4) is 0 Å². The summed E-state index contributed by atoms with van der Waals surface area (Å²) in [5.74, 6) is -2.45. The molecule has 1 heterocycles. The average Bonchev–Trinajstić information content (AvgIpc) is 3.63. The molecule has 2 saturated carbocycles. The van der Waals surface area contributed by atoms with Crippen LogP contribution in [-0.2, 0) is 25.3 Å². The van der Waals surface area contributed by atoms with E-state index in [0.29, 0.717) is 5.69 Å². The Labute approximate surface area is 233 Å². The van der Waals surface area contributed by atoms with Gasteiger partial charge in [0.15, 0.2) is 6.61 Å². The Morgan fingerprint density at radius 2 is 1.51 bits per heavy atom. The van der Waals surface area contributed by atoms with Gasteiger partial charge in [-0.25, -0.2) is 4.79 Å². The Kier molecular flexibility index (Phi) is 6.63. The molecule has 210 valence electrons. The van der Waals surface area contributed by atoms with E-state index in [-0.39, 0.29) is 47.0 Å². The quantitative estimate of drug-likeness (QED) is 0.320. The molecule has 3 aromatic carbocycles. The Balaban J connectivity index is 1.09. The molecule has 3 fully saturated rings. The summed E-state index contributed by atoms with van der Waals surface area (Å²) in [6.07, 6.45) is -2.93. The first kappa shape index (κ1) is 26.7. The molecule has 1 N–H and O–H groups in total. The van der Waals surface area contributed by atoms with Crippen LogP contribution in [0, 0.1) is 23.7 Å². The van der Waals surface area contributed by atoms with Crippen molar-refractivity contribution in [1.29, 1.82) is 0 Å². The number of carbonyl (C=O) groups excluding carboxylic acids is 4. The number of anilines is 2. The maximum absolute atomic E-state index is 13.5. The van der Waals surface area contributed by atoms with Crippen LogP contribution in [0.3, 0.4) is 0 Å². The molecule has 0 aromatic heterocycles. The van der Waals surface area contributed by atoms with Gasteiger partial charge in [-0.15, -0.1) is 0 Å². The highest BCUT2D eigenvalue weighted by molar-refractivity contribution is 6.22.